The normalized spacial score (nSPS) is 18.9. The van der Waals surface area contributed by atoms with Gasteiger partial charge in [0.15, 0.2) is 16.7 Å². The van der Waals surface area contributed by atoms with E-state index in [1.54, 1.807) is 17.9 Å². The van der Waals surface area contributed by atoms with Gasteiger partial charge in [-0.05, 0) is 36.4 Å². The number of esters is 1. The zero-order valence-electron chi connectivity index (χ0n) is 17.1. The van der Waals surface area contributed by atoms with Crippen molar-refractivity contribution in [2.45, 2.75) is 13.0 Å². The fourth-order valence-electron chi connectivity index (χ4n) is 3.86. The molecule has 0 aliphatic carbocycles. The van der Waals surface area contributed by atoms with Crippen LogP contribution in [0.2, 0.25) is 0 Å². The maximum atomic E-state index is 13.3. The molecule has 1 atom stereocenters. The Kier molecular flexibility index (Phi) is 4.99. The average molecular weight is 446 g/mol. The minimum Gasteiger partial charge on any atom is -0.463 e. The molecular formula is C23H18N4O4S. The summed E-state index contributed by atoms with van der Waals surface area (Å²) in [6, 6.07) is 16.3. The van der Waals surface area contributed by atoms with Gasteiger partial charge in [0.2, 0.25) is 6.79 Å². The Morgan fingerprint density at radius 3 is 2.81 bits per heavy atom. The summed E-state index contributed by atoms with van der Waals surface area (Å²) in [5.41, 5.74) is 8.68. The van der Waals surface area contributed by atoms with E-state index in [0.29, 0.717) is 32.8 Å². The Morgan fingerprint density at radius 2 is 2.06 bits per heavy atom. The largest absolute Gasteiger partial charge is 0.463 e. The number of aliphatic imine (C=N–C) groups is 1. The lowest BCUT2D eigenvalue weighted by Gasteiger charge is -2.35. The van der Waals surface area contributed by atoms with E-state index in [1.165, 1.54) is 11.8 Å². The number of thioether (sulfide) groups is 1. The summed E-state index contributed by atoms with van der Waals surface area (Å²) in [6.45, 7) is 2.09. The van der Waals surface area contributed by atoms with E-state index in [0.717, 1.165) is 11.1 Å². The molecule has 160 valence electrons. The summed E-state index contributed by atoms with van der Waals surface area (Å²) in [6.07, 6.45) is 0. The van der Waals surface area contributed by atoms with E-state index >= 15 is 0 Å². The second kappa shape index (κ2) is 7.98. The third-order valence-electron chi connectivity index (χ3n) is 5.24. The number of fused-ring (bicyclic) bond motifs is 2. The second-order valence-electron chi connectivity index (χ2n) is 7.06. The minimum atomic E-state index is -0.662. The van der Waals surface area contributed by atoms with Gasteiger partial charge in [0.05, 0.1) is 23.9 Å². The highest BCUT2D eigenvalue weighted by Gasteiger charge is 2.44. The zero-order chi connectivity index (χ0) is 22.2. The van der Waals surface area contributed by atoms with Crippen LogP contribution in [-0.2, 0) is 9.53 Å². The third kappa shape index (κ3) is 3.16. The molecule has 0 saturated heterocycles. The Morgan fingerprint density at radius 1 is 1.28 bits per heavy atom. The lowest BCUT2D eigenvalue weighted by atomic mass is 9.91. The smallest absolute Gasteiger partial charge is 0.338 e. The Bertz CT molecular complexity index is 1250. The lowest BCUT2D eigenvalue weighted by molar-refractivity contribution is -0.139. The summed E-state index contributed by atoms with van der Waals surface area (Å²) in [7, 11) is 0. The van der Waals surface area contributed by atoms with Crippen molar-refractivity contribution in [2.75, 3.05) is 13.4 Å². The van der Waals surface area contributed by atoms with Crippen LogP contribution in [0.4, 0.5) is 0 Å². The summed E-state index contributed by atoms with van der Waals surface area (Å²) in [4.78, 5) is 20.1. The summed E-state index contributed by atoms with van der Waals surface area (Å²) >= 11 is 1.18. The second-order valence-corrected chi connectivity index (χ2v) is 8.03. The van der Waals surface area contributed by atoms with Gasteiger partial charge in [-0.3, -0.25) is 4.90 Å². The summed E-state index contributed by atoms with van der Waals surface area (Å²) < 4.78 is 16.4. The molecule has 0 aromatic heterocycles. The van der Waals surface area contributed by atoms with Crippen LogP contribution in [0.3, 0.4) is 0 Å². The van der Waals surface area contributed by atoms with E-state index in [-0.39, 0.29) is 19.2 Å². The van der Waals surface area contributed by atoms with Gasteiger partial charge in [-0.25, -0.2) is 9.79 Å². The van der Waals surface area contributed by atoms with Crippen LogP contribution in [-0.4, -0.2) is 29.4 Å². The van der Waals surface area contributed by atoms with Crippen molar-refractivity contribution in [1.82, 2.24) is 4.90 Å². The van der Waals surface area contributed by atoms with Crippen LogP contribution in [0.15, 0.2) is 69.8 Å². The first kappa shape index (κ1) is 20.0. The van der Waals surface area contributed by atoms with Crippen LogP contribution in [0.5, 0.6) is 11.5 Å². The molecule has 2 N–H and O–H groups in total. The van der Waals surface area contributed by atoms with Crippen molar-refractivity contribution >= 4 is 28.6 Å². The molecule has 0 saturated carbocycles. The van der Waals surface area contributed by atoms with Crippen molar-refractivity contribution in [3.63, 3.8) is 0 Å². The molecule has 3 aliphatic rings. The monoisotopic (exact) mass is 446 g/mol. The van der Waals surface area contributed by atoms with Crippen molar-refractivity contribution in [1.29, 1.82) is 5.26 Å². The molecule has 1 unspecified atom stereocenters. The van der Waals surface area contributed by atoms with Crippen LogP contribution < -0.4 is 15.2 Å². The minimum absolute atomic E-state index is 0.131. The molecular weight excluding hydrogens is 428 g/mol. The van der Waals surface area contributed by atoms with Crippen molar-refractivity contribution in [2.24, 2.45) is 10.7 Å². The molecule has 0 radical (unpaired) electrons. The molecule has 32 heavy (non-hydrogen) atoms. The Balaban J connectivity index is 1.76. The Labute approximate surface area is 188 Å². The molecule has 3 aliphatic heterocycles. The maximum absolute atomic E-state index is 13.3. The van der Waals surface area contributed by atoms with Gasteiger partial charge in [0.25, 0.3) is 0 Å². The van der Waals surface area contributed by atoms with Gasteiger partial charge in [0, 0.05) is 5.56 Å². The zero-order valence-corrected chi connectivity index (χ0v) is 17.9. The highest BCUT2D eigenvalue weighted by atomic mass is 32.2. The number of nitrogens with zero attached hydrogens (tertiary/aromatic N) is 3. The van der Waals surface area contributed by atoms with E-state index in [1.807, 2.05) is 42.5 Å². The van der Waals surface area contributed by atoms with Gasteiger partial charge in [0.1, 0.15) is 16.8 Å². The van der Waals surface area contributed by atoms with Crippen LogP contribution in [0, 0.1) is 11.3 Å². The van der Waals surface area contributed by atoms with Gasteiger partial charge >= 0.3 is 5.97 Å². The summed E-state index contributed by atoms with van der Waals surface area (Å²) in [5.74, 6) is 0.944. The first-order chi connectivity index (χ1) is 15.6. The Hall–Kier alpha value is -3.90. The molecule has 0 bridgehead atoms. The highest BCUT2D eigenvalue weighted by molar-refractivity contribution is 8.17. The topological polar surface area (TPSA) is 110 Å². The van der Waals surface area contributed by atoms with Crippen LogP contribution in [0.1, 0.15) is 24.1 Å². The number of nitrogens with two attached hydrogens (primary N) is 1. The van der Waals surface area contributed by atoms with Crippen LogP contribution >= 0.6 is 11.8 Å². The van der Waals surface area contributed by atoms with Crippen molar-refractivity contribution in [3.8, 4) is 17.6 Å². The van der Waals surface area contributed by atoms with E-state index in [2.05, 4.69) is 6.07 Å². The first-order valence-corrected chi connectivity index (χ1v) is 10.8. The third-order valence-corrected chi connectivity index (χ3v) is 6.22. The van der Waals surface area contributed by atoms with Gasteiger partial charge in [-0.1, -0.05) is 36.4 Å². The van der Waals surface area contributed by atoms with Gasteiger partial charge in [-0.2, -0.15) is 5.26 Å². The number of carbonyl (C=O) groups excluding carboxylic acids is 1. The molecule has 3 heterocycles. The summed E-state index contributed by atoms with van der Waals surface area (Å²) in [5, 5.41) is 10.1. The number of rotatable bonds is 4. The SMILES string of the molecule is CCOC(=O)C1=C(c2ccccc2)N=C2SC(C#N)=C(N)N2C1c1ccc2c(c1)OCO2. The molecule has 9 heteroatoms. The van der Waals surface area contributed by atoms with Gasteiger partial charge < -0.3 is 19.9 Å². The quantitative estimate of drug-likeness (QED) is 0.711. The van der Waals surface area contributed by atoms with Crippen molar-refractivity contribution in [3.05, 3.63) is 76.0 Å². The average Bonchev–Trinajstić information content (AvgIpc) is 3.42. The molecule has 2 aromatic carbocycles. The number of allylic oxidation sites excluding steroid dienone is 1. The van der Waals surface area contributed by atoms with Crippen molar-refractivity contribution < 1.29 is 19.0 Å². The highest BCUT2D eigenvalue weighted by Crippen LogP contribution is 2.48. The number of ether oxygens (including phenoxy) is 3. The molecule has 0 fully saturated rings. The fourth-order valence-corrected chi connectivity index (χ4v) is 4.73. The number of carbonyl (C=O) groups is 1. The predicted octanol–water partition coefficient (Wildman–Crippen LogP) is 3.50. The van der Waals surface area contributed by atoms with E-state index in [9.17, 15) is 10.1 Å². The number of nitriles is 1. The molecule has 5 rings (SSSR count). The van der Waals surface area contributed by atoms with Gasteiger partial charge in [-0.15, -0.1) is 0 Å². The van der Waals surface area contributed by atoms with Crippen LogP contribution in [0.25, 0.3) is 5.70 Å². The number of amidine groups is 1. The molecule has 8 nitrogen and oxygen atoms in total. The lowest BCUT2D eigenvalue weighted by Crippen LogP contribution is -2.38. The molecule has 2 aromatic rings. The first-order valence-electron chi connectivity index (χ1n) is 9.94. The number of benzene rings is 2. The number of hydrogen-bond acceptors (Lipinski definition) is 9. The standard InChI is InChI=1S/C23H18N4O4S/c1-2-29-22(28)18-19(13-6-4-3-5-7-13)26-23-27(21(25)17(11-24)32-23)20(18)14-8-9-15-16(10-14)31-12-30-15/h3-10,20H,2,12,25H2,1H3. The maximum Gasteiger partial charge on any atom is 0.338 e. The molecule has 0 amide bonds. The van der Waals surface area contributed by atoms with E-state index in [4.69, 9.17) is 24.9 Å². The van der Waals surface area contributed by atoms with E-state index < -0.39 is 12.0 Å². The molecule has 0 spiro atoms. The number of hydrogen-bond donors (Lipinski definition) is 1. The fraction of sp³-hybridized carbons (Fsp3) is 0.174. The predicted molar refractivity (Wildman–Crippen MR) is 119 cm³/mol.